The van der Waals surface area contributed by atoms with Gasteiger partial charge in [-0.1, -0.05) is 51.1 Å². The van der Waals surface area contributed by atoms with Gasteiger partial charge in [-0.05, 0) is 79.4 Å². The standard InChI is InChI=1S/C31H46N4O3/c1-4-24-5-7-25(8-6-24)26-11-16-34(17-12-26)18-15-31(36)35-19-13-27(14-20-35)32-28-9-10-29(33-37)30(21-28)38-22-23(2)3/h5-10,23,26-28,32H,4,11-22H2,1-3H3. The largest absolute Gasteiger partial charge is 0.495 e. The van der Waals surface area contributed by atoms with E-state index in [1.807, 2.05) is 11.0 Å². The first-order valence-corrected chi connectivity index (χ1v) is 14.7. The highest BCUT2D eigenvalue weighted by Crippen LogP contribution is 2.28. The Kier molecular flexibility index (Phi) is 10.5. The predicted molar refractivity (Wildman–Crippen MR) is 153 cm³/mol. The van der Waals surface area contributed by atoms with Gasteiger partial charge in [0.05, 0.1) is 6.61 Å². The normalized spacial score (nSPS) is 21.8. The summed E-state index contributed by atoms with van der Waals surface area (Å²) in [7, 11) is 0. The molecule has 2 fully saturated rings. The molecule has 0 aromatic heterocycles. The number of carbonyl (C=O) groups is 1. The molecule has 2 aliphatic heterocycles. The minimum Gasteiger partial charge on any atom is -0.495 e. The van der Waals surface area contributed by atoms with Crippen LogP contribution < -0.4 is 5.32 Å². The van der Waals surface area contributed by atoms with Gasteiger partial charge in [0.15, 0.2) is 0 Å². The van der Waals surface area contributed by atoms with E-state index in [2.05, 4.69) is 60.4 Å². The van der Waals surface area contributed by atoms with E-state index in [0.29, 0.717) is 48.8 Å². The van der Waals surface area contributed by atoms with Crippen LogP contribution in [0.1, 0.15) is 76.3 Å². The smallest absolute Gasteiger partial charge is 0.223 e. The molecular formula is C31H46N4O3. The summed E-state index contributed by atoms with van der Waals surface area (Å²) in [6, 6.07) is 9.63. The second kappa shape index (κ2) is 14.0. The van der Waals surface area contributed by atoms with Gasteiger partial charge >= 0.3 is 0 Å². The summed E-state index contributed by atoms with van der Waals surface area (Å²) in [5, 5.41) is 6.83. The van der Waals surface area contributed by atoms with Crippen molar-refractivity contribution < 1.29 is 9.53 Å². The third-order valence-corrected chi connectivity index (χ3v) is 8.25. The number of nitrogens with zero attached hydrogens (tertiary/aromatic N) is 3. The van der Waals surface area contributed by atoms with Crippen LogP contribution in [0.2, 0.25) is 0 Å². The van der Waals surface area contributed by atoms with Crippen LogP contribution in [0.25, 0.3) is 0 Å². The van der Waals surface area contributed by atoms with Crippen molar-refractivity contribution in [2.24, 2.45) is 11.1 Å². The van der Waals surface area contributed by atoms with Crippen molar-refractivity contribution in [2.75, 3.05) is 39.3 Å². The highest BCUT2D eigenvalue weighted by Gasteiger charge is 2.27. The molecule has 7 nitrogen and oxygen atoms in total. The number of nitroso groups, excluding NO2 is 1. The third-order valence-electron chi connectivity index (χ3n) is 8.25. The molecule has 0 spiro atoms. The Morgan fingerprint density at radius 3 is 2.42 bits per heavy atom. The van der Waals surface area contributed by atoms with Gasteiger partial charge in [0.1, 0.15) is 11.5 Å². The molecule has 1 unspecified atom stereocenters. The van der Waals surface area contributed by atoms with E-state index in [1.165, 1.54) is 24.0 Å². The second-order valence-electron chi connectivity index (χ2n) is 11.6. The predicted octanol–water partition coefficient (Wildman–Crippen LogP) is 5.38. The number of allylic oxidation sites excluding steroid dienone is 1. The van der Waals surface area contributed by atoms with Crippen LogP contribution in [0.15, 0.2) is 53.1 Å². The van der Waals surface area contributed by atoms with E-state index >= 15 is 0 Å². The lowest BCUT2D eigenvalue weighted by Crippen LogP contribution is -2.48. The van der Waals surface area contributed by atoms with Gasteiger partial charge in [0.25, 0.3) is 0 Å². The number of amides is 1. The first-order chi connectivity index (χ1) is 18.4. The van der Waals surface area contributed by atoms with Crippen LogP contribution in [0, 0.1) is 10.8 Å². The molecule has 1 amide bonds. The van der Waals surface area contributed by atoms with Gasteiger partial charge in [-0.15, -0.1) is 4.91 Å². The van der Waals surface area contributed by atoms with Crippen LogP contribution >= 0.6 is 0 Å². The Bertz CT molecular complexity index is 971. The highest BCUT2D eigenvalue weighted by molar-refractivity contribution is 5.76. The number of hydrogen-bond acceptors (Lipinski definition) is 6. The summed E-state index contributed by atoms with van der Waals surface area (Å²) in [4.78, 5) is 28.6. The first kappa shape index (κ1) is 28.5. The zero-order valence-corrected chi connectivity index (χ0v) is 23.5. The molecule has 1 aromatic rings. The fourth-order valence-electron chi connectivity index (χ4n) is 5.79. The van der Waals surface area contributed by atoms with Crippen molar-refractivity contribution in [3.63, 3.8) is 0 Å². The summed E-state index contributed by atoms with van der Waals surface area (Å²) in [5.74, 6) is 2.00. The summed E-state index contributed by atoms with van der Waals surface area (Å²) >= 11 is 0. The molecule has 3 aliphatic rings. The van der Waals surface area contributed by atoms with Gasteiger partial charge in [0.2, 0.25) is 5.91 Å². The lowest BCUT2D eigenvalue weighted by molar-refractivity contribution is -0.132. The summed E-state index contributed by atoms with van der Waals surface area (Å²) in [5.41, 5.74) is 3.27. The molecule has 0 bridgehead atoms. The van der Waals surface area contributed by atoms with Crippen LogP contribution in [-0.4, -0.2) is 67.1 Å². The average molecular weight is 523 g/mol. The fraction of sp³-hybridized carbons (Fsp3) is 0.645. The zero-order valence-electron chi connectivity index (χ0n) is 23.5. The topological polar surface area (TPSA) is 74.2 Å². The monoisotopic (exact) mass is 522 g/mol. The van der Waals surface area contributed by atoms with E-state index in [0.717, 1.165) is 52.0 Å². The molecule has 2 saturated heterocycles. The number of benzene rings is 1. The third kappa shape index (κ3) is 8.00. The van der Waals surface area contributed by atoms with Crippen LogP contribution in [0.5, 0.6) is 0 Å². The van der Waals surface area contributed by atoms with Crippen molar-refractivity contribution in [3.05, 3.63) is 63.9 Å². The Morgan fingerprint density at radius 1 is 1.08 bits per heavy atom. The van der Waals surface area contributed by atoms with Crippen molar-refractivity contribution in [3.8, 4) is 0 Å². The molecule has 0 radical (unpaired) electrons. The number of nitrogens with one attached hydrogen (secondary N) is 1. The Hall–Kier alpha value is -2.51. The second-order valence-corrected chi connectivity index (χ2v) is 11.6. The Labute approximate surface area is 228 Å². The molecule has 1 atom stereocenters. The number of carbonyl (C=O) groups excluding carboxylic acids is 1. The highest BCUT2D eigenvalue weighted by atomic mass is 16.5. The molecule has 7 heteroatoms. The quantitative estimate of drug-likeness (QED) is 0.395. The molecular weight excluding hydrogens is 476 g/mol. The first-order valence-electron chi connectivity index (χ1n) is 14.7. The van der Waals surface area contributed by atoms with Gasteiger partial charge in [-0.25, -0.2) is 0 Å². The molecule has 38 heavy (non-hydrogen) atoms. The van der Waals surface area contributed by atoms with Gasteiger partial charge in [0, 0.05) is 44.6 Å². The van der Waals surface area contributed by atoms with Crippen molar-refractivity contribution in [1.82, 2.24) is 15.1 Å². The number of piperidine rings is 2. The Morgan fingerprint density at radius 2 is 1.79 bits per heavy atom. The van der Waals surface area contributed by atoms with E-state index in [-0.39, 0.29) is 11.9 Å². The van der Waals surface area contributed by atoms with Crippen molar-refractivity contribution in [1.29, 1.82) is 0 Å². The van der Waals surface area contributed by atoms with Crippen LogP contribution in [-0.2, 0) is 16.0 Å². The van der Waals surface area contributed by atoms with Gasteiger partial charge in [-0.3, -0.25) is 4.79 Å². The minimum absolute atomic E-state index is 0.127. The summed E-state index contributed by atoms with van der Waals surface area (Å²) in [6.07, 6.45) is 10.4. The molecule has 1 aliphatic carbocycles. The molecule has 0 saturated carbocycles. The maximum atomic E-state index is 12.9. The molecule has 4 rings (SSSR count). The minimum atomic E-state index is 0.127. The summed E-state index contributed by atoms with van der Waals surface area (Å²) in [6.45, 7) is 11.6. The number of rotatable bonds is 11. The zero-order chi connectivity index (χ0) is 26.9. The molecule has 208 valence electrons. The van der Waals surface area contributed by atoms with E-state index < -0.39 is 0 Å². The maximum Gasteiger partial charge on any atom is 0.223 e. The van der Waals surface area contributed by atoms with Crippen LogP contribution in [0.3, 0.4) is 0 Å². The number of likely N-dealkylation sites (tertiary alicyclic amines) is 2. The molecule has 1 aromatic carbocycles. The Balaban J connectivity index is 1.14. The average Bonchev–Trinajstić information content (AvgIpc) is 2.95. The number of hydrogen-bond donors (Lipinski definition) is 1. The van der Waals surface area contributed by atoms with E-state index in [1.54, 1.807) is 6.08 Å². The lowest BCUT2D eigenvalue weighted by Gasteiger charge is -2.36. The van der Waals surface area contributed by atoms with Crippen molar-refractivity contribution in [2.45, 2.75) is 83.7 Å². The molecule has 1 N–H and O–H groups in total. The van der Waals surface area contributed by atoms with Gasteiger partial charge in [-0.2, -0.15) is 0 Å². The number of ether oxygens (including phenoxy) is 1. The SMILES string of the molecule is CCc1ccc(C2CCN(CCC(=O)N3CCC(NC4C=CC(N=O)=C(OCC(C)C)C4)CC3)CC2)cc1. The summed E-state index contributed by atoms with van der Waals surface area (Å²) < 4.78 is 5.87. The van der Waals surface area contributed by atoms with Crippen LogP contribution in [0.4, 0.5) is 0 Å². The fourth-order valence-corrected chi connectivity index (χ4v) is 5.79. The molecule has 2 heterocycles. The van der Waals surface area contributed by atoms with Gasteiger partial charge < -0.3 is 19.9 Å². The lowest BCUT2D eigenvalue weighted by atomic mass is 9.89. The number of aryl methyl sites for hydroxylation is 1. The van der Waals surface area contributed by atoms with E-state index in [9.17, 15) is 9.70 Å². The maximum absolute atomic E-state index is 12.9. The van der Waals surface area contributed by atoms with E-state index in [4.69, 9.17) is 4.74 Å². The van der Waals surface area contributed by atoms with Crippen molar-refractivity contribution >= 4 is 5.91 Å².